The summed E-state index contributed by atoms with van der Waals surface area (Å²) < 4.78 is 44.1. The second kappa shape index (κ2) is 6.26. The van der Waals surface area contributed by atoms with E-state index in [0.29, 0.717) is 4.68 Å². The Morgan fingerprint density at radius 1 is 1.42 bits per heavy atom. The van der Waals surface area contributed by atoms with Crippen molar-refractivity contribution in [2.75, 3.05) is 0 Å². The Kier molecular flexibility index (Phi) is 4.69. The summed E-state index contributed by atoms with van der Waals surface area (Å²) in [6, 6.07) is 2.86. The van der Waals surface area contributed by atoms with Crippen molar-refractivity contribution < 1.29 is 33.0 Å². The molecular formula is C12H9ClF3N3O5. The van der Waals surface area contributed by atoms with Crippen LogP contribution in [-0.4, -0.2) is 24.9 Å². The lowest BCUT2D eigenvalue weighted by Gasteiger charge is -2.08. The van der Waals surface area contributed by atoms with Crippen molar-refractivity contribution in [3.63, 3.8) is 0 Å². The molecule has 24 heavy (non-hydrogen) atoms. The van der Waals surface area contributed by atoms with Crippen molar-refractivity contribution >= 4 is 17.3 Å². The van der Waals surface area contributed by atoms with Gasteiger partial charge in [-0.3, -0.25) is 14.8 Å². The predicted molar refractivity (Wildman–Crippen MR) is 73.6 cm³/mol. The molecule has 0 amide bonds. The molecule has 0 aliphatic rings. The molecule has 130 valence electrons. The average molecular weight is 368 g/mol. The highest BCUT2D eigenvalue weighted by atomic mass is 35.5. The molecule has 2 aromatic rings. The van der Waals surface area contributed by atoms with Crippen molar-refractivity contribution in [2.24, 2.45) is 7.05 Å². The topological polar surface area (TPSA) is 111 Å². The number of nitro groups is 1. The lowest BCUT2D eigenvalue weighted by atomic mass is 10.1. The van der Waals surface area contributed by atoms with Crippen molar-refractivity contribution in [1.82, 2.24) is 9.78 Å². The van der Waals surface area contributed by atoms with Crippen molar-refractivity contribution in [1.29, 1.82) is 0 Å². The zero-order valence-electron chi connectivity index (χ0n) is 11.8. The standard InChI is InChI=1S/C12H9ClF3N3O5/c1-18-9(12(14,15)16)8(13)10(17-18)24-5-2-3-7(19(22)23)6(4-5)11(20)21/h2-4,11,20-21H,1H3. The molecule has 0 atom stereocenters. The molecule has 0 aliphatic carbocycles. The minimum absolute atomic E-state index is 0.211. The Balaban J connectivity index is 2.43. The van der Waals surface area contributed by atoms with Gasteiger partial charge in [0.1, 0.15) is 10.8 Å². The fourth-order valence-electron chi connectivity index (χ4n) is 1.93. The number of rotatable bonds is 4. The van der Waals surface area contributed by atoms with Crippen LogP contribution in [0.3, 0.4) is 0 Å². The summed E-state index contributed by atoms with van der Waals surface area (Å²) in [5.41, 5.74) is -2.33. The number of benzene rings is 1. The van der Waals surface area contributed by atoms with E-state index >= 15 is 0 Å². The van der Waals surface area contributed by atoms with Crippen molar-refractivity contribution in [3.8, 4) is 11.6 Å². The quantitative estimate of drug-likeness (QED) is 0.488. The molecule has 0 spiro atoms. The molecule has 0 bridgehead atoms. The maximum Gasteiger partial charge on any atom is 0.434 e. The van der Waals surface area contributed by atoms with Crippen molar-refractivity contribution in [2.45, 2.75) is 12.5 Å². The van der Waals surface area contributed by atoms with Gasteiger partial charge in [0.05, 0.1) is 10.5 Å². The van der Waals surface area contributed by atoms with Crippen LogP contribution in [0, 0.1) is 10.1 Å². The molecular weight excluding hydrogens is 359 g/mol. The van der Waals surface area contributed by atoms with Crippen LogP contribution in [0.25, 0.3) is 0 Å². The number of aryl methyl sites for hydroxylation is 1. The first-order valence-electron chi connectivity index (χ1n) is 6.14. The summed E-state index contributed by atoms with van der Waals surface area (Å²) in [4.78, 5) is 9.94. The van der Waals surface area contributed by atoms with Gasteiger partial charge < -0.3 is 14.9 Å². The van der Waals surface area contributed by atoms with E-state index < -0.39 is 45.2 Å². The van der Waals surface area contributed by atoms with Gasteiger partial charge in [0.25, 0.3) is 11.6 Å². The number of hydrogen-bond donors (Lipinski definition) is 2. The Labute approximate surface area is 136 Å². The lowest BCUT2D eigenvalue weighted by molar-refractivity contribution is -0.386. The Morgan fingerprint density at radius 3 is 2.50 bits per heavy atom. The number of alkyl halides is 3. The number of aliphatic hydroxyl groups excluding tert-OH is 1. The van der Waals surface area contributed by atoms with Crippen LogP contribution in [0.4, 0.5) is 18.9 Å². The maximum absolute atomic E-state index is 12.8. The van der Waals surface area contributed by atoms with Gasteiger partial charge in [0.15, 0.2) is 12.0 Å². The summed E-state index contributed by atoms with van der Waals surface area (Å²) in [6.45, 7) is 0. The highest BCUT2D eigenvalue weighted by Gasteiger charge is 2.39. The van der Waals surface area contributed by atoms with Crippen LogP contribution in [0.15, 0.2) is 18.2 Å². The van der Waals surface area contributed by atoms with Gasteiger partial charge in [-0.05, 0) is 12.1 Å². The molecule has 1 aromatic carbocycles. The Morgan fingerprint density at radius 2 is 2.04 bits per heavy atom. The second-order valence-corrected chi connectivity index (χ2v) is 4.92. The van der Waals surface area contributed by atoms with E-state index in [2.05, 4.69) is 5.10 Å². The average Bonchev–Trinajstić information content (AvgIpc) is 2.72. The molecule has 0 radical (unpaired) electrons. The third-order valence-corrected chi connectivity index (χ3v) is 3.26. The van der Waals surface area contributed by atoms with Gasteiger partial charge >= 0.3 is 6.18 Å². The van der Waals surface area contributed by atoms with E-state index in [9.17, 15) is 23.3 Å². The molecule has 8 nitrogen and oxygen atoms in total. The van der Waals surface area contributed by atoms with Crippen LogP contribution >= 0.6 is 11.6 Å². The Bertz CT molecular complexity index is 791. The first kappa shape index (κ1) is 18.0. The third-order valence-electron chi connectivity index (χ3n) is 2.92. The zero-order valence-corrected chi connectivity index (χ0v) is 12.5. The van der Waals surface area contributed by atoms with Gasteiger partial charge in [-0.2, -0.15) is 13.2 Å². The van der Waals surface area contributed by atoms with E-state index in [-0.39, 0.29) is 5.75 Å². The van der Waals surface area contributed by atoms with Crippen LogP contribution in [0.2, 0.25) is 5.02 Å². The smallest absolute Gasteiger partial charge is 0.434 e. The molecule has 0 fully saturated rings. The molecule has 12 heteroatoms. The minimum Gasteiger partial charge on any atom is -0.436 e. The minimum atomic E-state index is -4.76. The van der Waals surface area contributed by atoms with Gasteiger partial charge in [-0.25, -0.2) is 0 Å². The number of aliphatic hydroxyl groups is 2. The van der Waals surface area contributed by atoms with Gasteiger partial charge in [0.2, 0.25) is 0 Å². The summed E-state index contributed by atoms with van der Waals surface area (Å²) in [5, 5.41) is 31.8. The van der Waals surface area contributed by atoms with Crippen LogP contribution < -0.4 is 4.74 Å². The first-order chi connectivity index (χ1) is 11.0. The lowest BCUT2D eigenvalue weighted by Crippen LogP contribution is -2.12. The normalized spacial score (nSPS) is 11.8. The van der Waals surface area contributed by atoms with Gasteiger partial charge in [-0.1, -0.05) is 11.6 Å². The summed E-state index contributed by atoms with van der Waals surface area (Å²) in [6.07, 6.45) is -6.94. The van der Waals surface area contributed by atoms with E-state index in [1.165, 1.54) is 0 Å². The van der Waals surface area contributed by atoms with Gasteiger partial charge in [-0.15, -0.1) is 5.10 Å². The highest BCUT2D eigenvalue weighted by Crippen LogP contribution is 2.40. The number of aromatic nitrogens is 2. The molecule has 2 rings (SSSR count). The number of nitrogens with zero attached hydrogens (tertiary/aromatic N) is 3. The largest absolute Gasteiger partial charge is 0.436 e. The maximum atomic E-state index is 12.8. The van der Waals surface area contributed by atoms with Crippen LogP contribution in [0.5, 0.6) is 11.6 Å². The molecule has 0 unspecified atom stereocenters. The summed E-state index contributed by atoms with van der Waals surface area (Å²) in [5.74, 6) is -0.795. The second-order valence-electron chi connectivity index (χ2n) is 4.54. The molecule has 0 saturated carbocycles. The third kappa shape index (κ3) is 3.42. The predicted octanol–water partition coefficient (Wildman–Crippen LogP) is 2.78. The molecule has 0 saturated heterocycles. The van der Waals surface area contributed by atoms with E-state index in [1.54, 1.807) is 0 Å². The molecule has 1 aromatic heterocycles. The molecule has 1 heterocycles. The van der Waals surface area contributed by atoms with Crippen LogP contribution in [-0.2, 0) is 13.2 Å². The number of ether oxygens (including phenoxy) is 1. The number of hydrogen-bond acceptors (Lipinski definition) is 6. The fraction of sp³-hybridized carbons (Fsp3) is 0.250. The number of nitro benzene ring substituents is 1. The SMILES string of the molecule is Cn1nc(Oc2ccc([N+](=O)[O-])c(C(O)O)c2)c(Cl)c1C(F)(F)F. The van der Waals surface area contributed by atoms with E-state index in [1.807, 2.05) is 0 Å². The fourth-order valence-corrected chi connectivity index (χ4v) is 2.23. The number of halogens is 4. The highest BCUT2D eigenvalue weighted by molar-refractivity contribution is 6.32. The van der Waals surface area contributed by atoms with E-state index in [0.717, 1.165) is 25.2 Å². The monoisotopic (exact) mass is 367 g/mol. The van der Waals surface area contributed by atoms with Crippen molar-refractivity contribution in [3.05, 3.63) is 44.6 Å². The molecule has 2 N–H and O–H groups in total. The first-order valence-corrected chi connectivity index (χ1v) is 6.52. The Hall–Kier alpha value is -2.37. The zero-order chi connectivity index (χ0) is 18.2. The van der Waals surface area contributed by atoms with Gasteiger partial charge in [0, 0.05) is 13.1 Å². The summed E-state index contributed by atoms with van der Waals surface area (Å²) in [7, 11) is 1.01. The van der Waals surface area contributed by atoms with Crippen LogP contribution in [0.1, 0.15) is 17.5 Å². The summed E-state index contributed by atoms with van der Waals surface area (Å²) >= 11 is 5.61. The molecule has 0 aliphatic heterocycles. The van der Waals surface area contributed by atoms with E-state index in [4.69, 9.17) is 26.6 Å².